The predicted octanol–water partition coefficient (Wildman–Crippen LogP) is 4.88. The summed E-state index contributed by atoms with van der Waals surface area (Å²) in [6.45, 7) is 5.80. The summed E-state index contributed by atoms with van der Waals surface area (Å²) < 4.78 is 15.2. The van der Waals surface area contributed by atoms with E-state index in [1.807, 2.05) is 36.4 Å². The van der Waals surface area contributed by atoms with Crippen molar-refractivity contribution in [3.63, 3.8) is 0 Å². The minimum Gasteiger partial charge on any atom is -0.322 e. The van der Waals surface area contributed by atoms with Gasteiger partial charge in [0.15, 0.2) is 5.82 Å². The number of fused-ring (bicyclic) bond motifs is 1. The van der Waals surface area contributed by atoms with Crippen LogP contribution in [0, 0.1) is 5.82 Å². The molecule has 0 saturated heterocycles. The number of hydrogen-bond acceptors (Lipinski definition) is 5. The third-order valence-corrected chi connectivity index (χ3v) is 6.69. The molecule has 0 unspecified atom stereocenters. The third-order valence-electron chi connectivity index (χ3n) is 6.69. The smallest absolute Gasteiger partial charge is 0.253 e. The quantitative estimate of drug-likeness (QED) is 0.315. The molecular formula is C29H29FN6O. The number of tetrazole rings is 1. The average Bonchev–Trinajstić information content (AvgIpc) is 3.37. The van der Waals surface area contributed by atoms with Crippen LogP contribution in [-0.4, -0.2) is 36.6 Å². The van der Waals surface area contributed by atoms with E-state index in [2.05, 4.69) is 57.5 Å². The van der Waals surface area contributed by atoms with E-state index in [4.69, 9.17) is 0 Å². The van der Waals surface area contributed by atoms with Gasteiger partial charge in [-0.05, 0) is 75.8 Å². The second kappa shape index (κ2) is 10.8. The maximum absolute atomic E-state index is 13.5. The lowest BCUT2D eigenvalue weighted by molar-refractivity contribution is 0.214. The minimum absolute atomic E-state index is 0.176. The summed E-state index contributed by atoms with van der Waals surface area (Å²) in [6.07, 6.45) is 0.902. The fourth-order valence-corrected chi connectivity index (χ4v) is 4.68. The summed E-state index contributed by atoms with van der Waals surface area (Å²) in [5.41, 5.74) is 4.37. The van der Waals surface area contributed by atoms with Crippen molar-refractivity contribution in [2.75, 3.05) is 6.54 Å². The Morgan fingerprint density at radius 1 is 0.946 bits per heavy atom. The van der Waals surface area contributed by atoms with Crippen LogP contribution in [0.25, 0.3) is 10.9 Å². The molecule has 2 heterocycles. The summed E-state index contributed by atoms with van der Waals surface area (Å²) >= 11 is 0. The molecule has 0 aliphatic rings. The van der Waals surface area contributed by atoms with Crippen LogP contribution in [0.4, 0.5) is 4.39 Å². The molecule has 1 N–H and O–H groups in total. The zero-order valence-corrected chi connectivity index (χ0v) is 20.9. The molecule has 8 heteroatoms. The van der Waals surface area contributed by atoms with E-state index in [1.165, 1.54) is 17.7 Å². The zero-order chi connectivity index (χ0) is 25.8. The Balaban J connectivity index is 1.64. The normalized spacial score (nSPS) is 12.3. The Morgan fingerprint density at radius 3 is 2.43 bits per heavy atom. The highest BCUT2D eigenvalue weighted by atomic mass is 19.1. The molecule has 1 atom stereocenters. The average molecular weight is 497 g/mol. The fourth-order valence-electron chi connectivity index (χ4n) is 4.68. The molecule has 0 spiro atoms. The number of aromatic nitrogens is 5. The number of hydrogen-bond donors (Lipinski definition) is 1. The highest BCUT2D eigenvalue weighted by molar-refractivity contribution is 5.80. The van der Waals surface area contributed by atoms with E-state index in [9.17, 15) is 9.18 Å². The van der Waals surface area contributed by atoms with Gasteiger partial charge in [-0.3, -0.25) is 9.69 Å². The monoisotopic (exact) mass is 496 g/mol. The summed E-state index contributed by atoms with van der Waals surface area (Å²) in [4.78, 5) is 18.8. The van der Waals surface area contributed by atoms with Gasteiger partial charge in [0.1, 0.15) is 11.9 Å². The van der Waals surface area contributed by atoms with Crippen molar-refractivity contribution in [2.24, 2.45) is 0 Å². The van der Waals surface area contributed by atoms with Crippen LogP contribution in [0.15, 0.2) is 83.7 Å². The lowest BCUT2D eigenvalue weighted by Crippen LogP contribution is -2.35. The van der Waals surface area contributed by atoms with E-state index in [1.54, 1.807) is 16.8 Å². The molecule has 2 aromatic heterocycles. The van der Waals surface area contributed by atoms with Crippen LogP contribution < -0.4 is 5.56 Å². The lowest BCUT2D eigenvalue weighted by atomic mass is 10.0. The number of nitrogens with zero attached hydrogens (tertiary/aromatic N) is 5. The molecule has 0 fully saturated rings. The molecule has 5 rings (SSSR count). The van der Waals surface area contributed by atoms with Gasteiger partial charge in [0.05, 0.1) is 6.54 Å². The van der Waals surface area contributed by atoms with Gasteiger partial charge in [-0.25, -0.2) is 9.07 Å². The van der Waals surface area contributed by atoms with E-state index in [0.717, 1.165) is 28.5 Å². The molecule has 0 radical (unpaired) electrons. The Kier molecular flexibility index (Phi) is 7.18. The molecule has 0 aliphatic heterocycles. The molecule has 3 aromatic carbocycles. The van der Waals surface area contributed by atoms with Crippen molar-refractivity contribution >= 4 is 10.9 Å². The summed E-state index contributed by atoms with van der Waals surface area (Å²) in [5.74, 6) is 0.256. The van der Waals surface area contributed by atoms with Crippen LogP contribution in [0.1, 0.15) is 48.0 Å². The first-order chi connectivity index (χ1) is 18.1. The van der Waals surface area contributed by atoms with Crippen molar-refractivity contribution in [1.29, 1.82) is 0 Å². The van der Waals surface area contributed by atoms with Gasteiger partial charge in [-0.15, -0.1) is 5.10 Å². The summed E-state index contributed by atoms with van der Waals surface area (Å²) in [5, 5.41) is 13.6. The molecule has 5 aromatic rings. The number of rotatable bonds is 9. The predicted molar refractivity (Wildman–Crippen MR) is 142 cm³/mol. The van der Waals surface area contributed by atoms with Crippen LogP contribution >= 0.6 is 0 Å². The van der Waals surface area contributed by atoms with Crippen LogP contribution in [0.2, 0.25) is 0 Å². The standard InChI is InChI=1S/C29H29FN6O/c1-3-20-12-15-26-23(16-20)17-25(29(37)31-26)27(35(4-2)18-21-8-6-5-7-9-21)28-32-33-34-36(28)19-22-10-13-24(30)14-11-22/h5-17,27H,3-4,18-19H2,1-2H3,(H,31,37)/t27-/m1/s1. The molecule has 188 valence electrons. The maximum atomic E-state index is 13.5. The van der Waals surface area contributed by atoms with Crippen molar-refractivity contribution < 1.29 is 4.39 Å². The van der Waals surface area contributed by atoms with Crippen LogP contribution in [0.3, 0.4) is 0 Å². The fraction of sp³-hybridized carbons (Fsp3) is 0.241. The summed E-state index contributed by atoms with van der Waals surface area (Å²) in [7, 11) is 0. The van der Waals surface area contributed by atoms with E-state index < -0.39 is 6.04 Å². The largest absolute Gasteiger partial charge is 0.322 e. The molecule has 37 heavy (non-hydrogen) atoms. The number of pyridine rings is 1. The first kappa shape index (κ1) is 24.5. The van der Waals surface area contributed by atoms with Crippen molar-refractivity contribution in [3.8, 4) is 0 Å². The molecule has 0 amide bonds. The third kappa shape index (κ3) is 5.34. The second-order valence-electron chi connectivity index (χ2n) is 9.10. The molecule has 0 aliphatic carbocycles. The number of halogens is 1. The first-order valence-corrected chi connectivity index (χ1v) is 12.5. The minimum atomic E-state index is -0.501. The Bertz CT molecular complexity index is 1540. The van der Waals surface area contributed by atoms with Crippen LogP contribution in [-0.2, 0) is 19.5 Å². The number of aryl methyl sites for hydroxylation is 1. The summed E-state index contributed by atoms with van der Waals surface area (Å²) in [6, 6.07) is 24.0. The number of aromatic amines is 1. The van der Waals surface area contributed by atoms with Crippen molar-refractivity contribution in [3.05, 3.63) is 123 Å². The van der Waals surface area contributed by atoms with Crippen LogP contribution in [0.5, 0.6) is 0 Å². The van der Waals surface area contributed by atoms with Gasteiger partial charge in [0.2, 0.25) is 0 Å². The van der Waals surface area contributed by atoms with Gasteiger partial charge in [0, 0.05) is 17.6 Å². The molecular weight excluding hydrogens is 467 g/mol. The van der Waals surface area contributed by atoms with E-state index in [-0.39, 0.29) is 11.4 Å². The second-order valence-corrected chi connectivity index (χ2v) is 9.10. The SMILES string of the molecule is CCc1ccc2[nH]c(=O)c([C@H](c3nnnn3Cc3ccc(F)cc3)N(CC)Cc3ccccc3)cc2c1. The van der Waals surface area contributed by atoms with Gasteiger partial charge >= 0.3 is 0 Å². The number of benzene rings is 3. The Labute approximate surface area is 214 Å². The highest BCUT2D eigenvalue weighted by Gasteiger charge is 2.30. The van der Waals surface area contributed by atoms with E-state index in [0.29, 0.717) is 31.0 Å². The Hall–Kier alpha value is -4.17. The zero-order valence-electron chi connectivity index (χ0n) is 20.9. The van der Waals surface area contributed by atoms with Gasteiger partial charge < -0.3 is 4.98 Å². The molecule has 0 bridgehead atoms. The molecule has 7 nitrogen and oxygen atoms in total. The highest BCUT2D eigenvalue weighted by Crippen LogP contribution is 2.29. The van der Waals surface area contributed by atoms with Gasteiger partial charge in [0.25, 0.3) is 5.56 Å². The van der Waals surface area contributed by atoms with Gasteiger partial charge in [-0.1, -0.05) is 62.4 Å². The van der Waals surface area contributed by atoms with Gasteiger partial charge in [-0.2, -0.15) is 0 Å². The van der Waals surface area contributed by atoms with Crippen molar-refractivity contribution in [1.82, 2.24) is 30.1 Å². The lowest BCUT2D eigenvalue weighted by Gasteiger charge is -2.30. The molecule has 0 saturated carbocycles. The van der Waals surface area contributed by atoms with Crippen molar-refractivity contribution in [2.45, 2.75) is 39.4 Å². The Morgan fingerprint density at radius 2 is 1.70 bits per heavy atom. The number of nitrogens with one attached hydrogen (secondary N) is 1. The topological polar surface area (TPSA) is 79.7 Å². The number of H-pyrrole nitrogens is 1. The maximum Gasteiger partial charge on any atom is 0.253 e. The van der Waals surface area contributed by atoms with E-state index >= 15 is 0 Å². The first-order valence-electron chi connectivity index (χ1n) is 12.5.